The number of nitrogens with zero attached hydrogens (tertiary/aromatic N) is 2. The molecule has 0 amide bonds. The number of hydrogen-bond donors (Lipinski definition) is 1. The summed E-state index contributed by atoms with van der Waals surface area (Å²) in [6.45, 7) is 5.00. The lowest BCUT2D eigenvalue weighted by molar-refractivity contribution is 0.374. The first-order valence-electron chi connectivity index (χ1n) is 4.16. The van der Waals surface area contributed by atoms with Crippen LogP contribution in [-0.4, -0.2) is 22.2 Å². The maximum Gasteiger partial charge on any atom is 0.130 e. The van der Waals surface area contributed by atoms with E-state index in [2.05, 4.69) is 15.3 Å². The first-order chi connectivity index (χ1) is 6.03. The van der Waals surface area contributed by atoms with E-state index in [-0.39, 0.29) is 0 Å². The Kier molecular flexibility index (Phi) is 2.80. The van der Waals surface area contributed by atoms with Gasteiger partial charge >= 0.3 is 0 Å². The highest BCUT2D eigenvalue weighted by Crippen LogP contribution is 2.12. The van der Waals surface area contributed by atoms with Gasteiger partial charge in [0.15, 0.2) is 0 Å². The Hall–Kier alpha value is -1.19. The fraction of sp³-hybridized carbons (Fsp3) is 0.556. The van der Waals surface area contributed by atoms with Crippen molar-refractivity contribution >= 4 is 5.82 Å². The average Bonchev–Trinajstić information content (AvgIpc) is 2.03. The summed E-state index contributed by atoms with van der Waals surface area (Å²) in [5, 5.41) is 2.98. The molecule has 0 bridgehead atoms. The Bertz CT molecular complexity index is 286. The molecule has 0 saturated carbocycles. The molecule has 0 saturated heterocycles. The van der Waals surface area contributed by atoms with Gasteiger partial charge in [0.1, 0.15) is 18.8 Å². The number of hydrogen-bond acceptors (Lipinski definition) is 3. The van der Waals surface area contributed by atoms with Crippen LogP contribution in [0.5, 0.6) is 0 Å². The summed E-state index contributed by atoms with van der Waals surface area (Å²) in [5.74, 6) is 0.662. The molecule has 0 unspecified atom stereocenters. The van der Waals surface area contributed by atoms with Gasteiger partial charge in [-0.1, -0.05) is 0 Å². The van der Waals surface area contributed by atoms with Gasteiger partial charge < -0.3 is 5.32 Å². The number of anilines is 1. The molecular formula is C9H14FN3. The molecule has 1 aromatic heterocycles. The van der Waals surface area contributed by atoms with Gasteiger partial charge in [0.2, 0.25) is 0 Å². The zero-order valence-electron chi connectivity index (χ0n) is 8.13. The minimum atomic E-state index is -0.569. The van der Waals surface area contributed by atoms with E-state index < -0.39 is 12.2 Å². The van der Waals surface area contributed by atoms with Gasteiger partial charge in [0.05, 0.1) is 5.54 Å². The van der Waals surface area contributed by atoms with E-state index in [0.717, 1.165) is 5.69 Å². The summed E-state index contributed by atoms with van der Waals surface area (Å²) >= 11 is 0. The third kappa shape index (κ3) is 2.97. The molecule has 13 heavy (non-hydrogen) atoms. The van der Waals surface area contributed by atoms with E-state index in [9.17, 15) is 4.39 Å². The number of aryl methyl sites for hydroxylation is 1. The summed E-state index contributed by atoms with van der Waals surface area (Å²) in [4.78, 5) is 7.93. The molecule has 3 nitrogen and oxygen atoms in total. The largest absolute Gasteiger partial charge is 0.362 e. The molecule has 0 atom stereocenters. The van der Waals surface area contributed by atoms with E-state index in [0.29, 0.717) is 5.82 Å². The highest BCUT2D eigenvalue weighted by atomic mass is 19.1. The molecule has 0 aliphatic rings. The first kappa shape index (κ1) is 9.89. The fourth-order valence-electron chi connectivity index (χ4n) is 0.903. The lowest BCUT2D eigenvalue weighted by atomic mass is 10.1. The molecule has 4 heteroatoms. The van der Waals surface area contributed by atoms with Crippen molar-refractivity contribution < 1.29 is 4.39 Å². The molecule has 1 aromatic rings. The van der Waals surface area contributed by atoms with Crippen molar-refractivity contribution in [1.82, 2.24) is 9.97 Å². The zero-order valence-corrected chi connectivity index (χ0v) is 8.13. The lowest BCUT2D eigenvalue weighted by Crippen LogP contribution is -2.33. The van der Waals surface area contributed by atoms with Crippen LogP contribution in [0.4, 0.5) is 10.2 Å². The Balaban J connectivity index is 2.74. The summed E-state index contributed by atoms with van der Waals surface area (Å²) in [5.41, 5.74) is 0.299. The maximum atomic E-state index is 12.5. The topological polar surface area (TPSA) is 37.8 Å². The number of halogens is 1. The normalized spacial score (nSPS) is 11.4. The van der Waals surface area contributed by atoms with Gasteiger partial charge in [0.25, 0.3) is 0 Å². The van der Waals surface area contributed by atoms with E-state index in [1.807, 2.05) is 6.92 Å². The van der Waals surface area contributed by atoms with E-state index in [4.69, 9.17) is 0 Å². The minimum Gasteiger partial charge on any atom is -0.362 e. The van der Waals surface area contributed by atoms with E-state index in [1.54, 1.807) is 19.9 Å². The number of nitrogens with one attached hydrogen (secondary N) is 1. The van der Waals surface area contributed by atoms with Crippen LogP contribution in [-0.2, 0) is 0 Å². The molecule has 0 aliphatic carbocycles. The third-order valence-electron chi connectivity index (χ3n) is 1.60. The second-order valence-corrected chi connectivity index (χ2v) is 3.69. The molecule has 72 valence electrons. The maximum absolute atomic E-state index is 12.5. The molecular weight excluding hydrogens is 169 g/mol. The van der Waals surface area contributed by atoms with Crippen molar-refractivity contribution in [2.45, 2.75) is 26.3 Å². The standard InChI is InChI=1S/C9H14FN3/c1-7-4-8(12-6-11-7)13-9(2,3)5-10/h4,6H,5H2,1-3H3,(H,11,12,13). The van der Waals surface area contributed by atoms with Crippen LogP contribution in [0, 0.1) is 6.92 Å². The third-order valence-corrected chi connectivity index (χ3v) is 1.60. The van der Waals surface area contributed by atoms with Gasteiger partial charge in [-0.2, -0.15) is 0 Å². The van der Waals surface area contributed by atoms with Crippen LogP contribution in [0.1, 0.15) is 19.5 Å². The van der Waals surface area contributed by atoms with Crippen LogP contribution in [0.15, 0.2) is 12.4 Å². The van der Waals surface area contributed by atoms with Crippen molar-refractivity contribution in [2.24, 2.45) is 0 Å². The van der Waals surface area contributed by atoms with Crippen LogP contribution in [0.3, 0.4) is 0 Å². The number of aromatic nitrogens is 2. The second kappa shape index (κ2) is 3.68. The minimum absolute atomic E-state index is 0.434. The average molecular weight is 183 g/mol. The van der Waals surface area contributed by atoms with Crippen LogP contribution >= 0.6 is 0 Å². The summed E-state index contributed by atoms with van der Waals surface area (Å²) in [7, 11) is 0. The molecule has 0 spiro atoms. The smallest absolute Gasteiger partial charge is 0.130 e. The lowest BCUT2D eigenvalue weighted by Gasteiger charge is -2.22. The van der Waals surface area contributed by atoms with Crippen LogP contribution < -0.4 is 5.32 Å². The van der Waals surface area contributed by atoms with Crippen LogP contribution in [0.2, 0.25) is 0 Å². The second-order valence-electron chi connectivity index (χ2n) is 3.69. The summed E-state index contributed by atoms with van der Waals surface area (Å²) in [6, 6.07) is 1.79. The molecule has 1 N–H and O–H groups in total. The highest BCUT2D eigenvalue weighted by Gasteiger charge is 2.17. The number of alkyl halides is 1. The molecule has 0 aliphatic heterocycles. The van der Waals surface area contributed by atoms with Crippen molar-refractivity contribution in [2.75, 3.05) is 12.0 Å². The molecule has 0 fully saturated rings. The molecule has 1 rings (SSSR count). The van der Waals surface area contributed by atoms with Gasteiger partial charge in [-0.25, -0.2) is 14.4 Å². The Labute approximate surface area is 77.4 Å². The molecule has 1 heterocycles. The van der Waals surface area contributed by atoms with Gasteiger partial charge in [-0.15, -0.1) is 0 Å². The van der Waals surface area contributed by atoms with Crippen molar-refractivity contribution in [1.29, 1.82) is 0 Å². The Morgan fingerprint density at radius 2 is 2.15 bits per heavy atom. The fourth-order valence-corrected chi connectivity index (χ4v) is 0.903. The molecule has 0 radical (unpaired) electrons. The van der Waals surface area contributed by atoms with Gasteiger partial charge in [-0.05, 0) is 20.8 Å². The van der Waals surface area contributed by atoms with E-state index >= 15 is 0 Å². The monoisotopic (exact) mass is 183 g/mol. The van der Waals surface area contributed by atoms with Crippen LogP contribution in [0.25, 0.3) is 0 Å². The van der Waals surface area contributed by atoms with Crippen molar-refractivity contribution in [3.8, 4) is 0 Å². The molecule has 0 aromatic carbocycles. The summed E-state index contributed by atoms with van der Waals surface area (Å²) < 4.78 is 12.5. The highest BCUT2D eigenvalue weighted by molar-refractivity contribution is 5.37. The summed E-state index contributed by atoms with van der Waals surface area (Å²) in [6.07, 6.45) is 1.46. The number of rotatable bonds is 3. The quantitative estimate of drug-likeness (QED) is 0.778. The SMILES string of the molecule is Cc1cc(NC(C)(C)CF)ncn1. The zero-order chi connectivity index (χ0) is 9.90. The predicted octanol–water partition coefficient (Wildman–Crippen LogP) is 1.95. The Morgan fingerprint density at radius 1 is 1.46 bits per heavy atom. The van der Waals surface area contributed by atoms with Crippen molar-refractivity contribution in [3.05, 3.63) is 18.1 Å². The van der Waals surface area contributed by atoms with Gasteiger partial charge in [0, 0.05) is 11.8 Å². The van der Waals surface area contributed by atoms with E-state index in [1.165, 1.54) is 6.33 Å². The Morgan fingerprint density at radius 3 is 2.69 bits per heavy atom. The van der Waals surface area contributed by atoms with Gasteiger partial charge in [-0.3, -0.25) is 0 Å². The first-order valence-corrected chi connectivity index (χ1v) is 4.16. The predicted molar refractivity (Wildman–Crippen MR) is 50.4 cm³/mol. The van der Waals surface area contributed by atoms with Crippen molar-refractivity contribution in [3.63, 3.8) is 0 Å².